The molecule has 3 aliphatic carbocycles. The molecule has 10 nitrogen and oxygen atoms in total. The number of ether oxygens (including phenoxy) is 4. The fourth-order valence-electron chi connectivity index (χ4n) is 10.5. The molecule has 0 aromatic carbocycles. The van der Waals surface area contributed by atoms with Crippen molar-refractivity contribution in [3.05, 3.63) is 12.2 Å². The summed E-state index contributed by atoms with van der Waals surface area (Å²) in [5.41, 5.74) is -8.24. The van der Waals surface area contributed by atoms with Gasteiger partial charge in [0.2, 0.25) is 5.79 Å². The number of aliphatic hydroxyl groups is 2. The molecular formula is C28H31ClO10. The maximum absolute atomic E-state index is 14.9. The van der Waals surface area contributed by atoms with Crippen LogP contribution in [0.25, 0.3) is 0 Å². The van der Waals surface area contributed by atoms with Crippen molar-refractivity contribution in [1.82, 2.24) is 0 Å². The number of carbonyl (C=O) groups is 4. The number of alkyl halides is 1. The number of esters is 2. The Morgan fingerprint density at radius 2 is 1.85 bits per heavy atom. The van der Waals surface area contributed by atoms with Gasteiger partial charge in [0.15, 0.2) is 28.4 Å². The number of rotatable bonds is 0. The second-order valence-electron chi connectivity index (χ2n) is 13.7. The SMILES string of the molecule is CC12C(=O)C=CC[C@]1(Cl)[C@H](O)CC1C2CC[C@@]2(O)C(=O)O[C@@]3(C)[C@H]4C[C@@]5(C)[C@H]6C(=O)[C@]1(OC[C@H]5C(=O)O4)O[C@]623. The van der Waals surface area contributed by atoms with Crippen LogP contribution in [0.5, 0.6) is 0 Å². The summed E-state index contributed by atoms with van der Waals surface area (Å²) in [6.07, 6.45) is 1.39. The monoisotopic (exact) mass is 562 g/mol. The third-order valence-electron chi connectivity index (χ3n) is 12.6. The van der Waals surface area contributed by atoms with Crippen LogP contribution >= 0.6 is 11.6 Å². The molecule has 5 saturated heterocycles. The lowest BCUT2D eigenvalue weighted by Crippen LogP contribution is -2.79. The lowest BCUT2D eigenvalue weighted by atomic mass is 9.46. The summed E-state index contributed by atoms with van der Waals surface area (Å²) in [6.45, 7) is 4.87. The molecule has 0 aromatic rings. The van der Waals surface area contributed by atoms with E-state index in [1.54, 1.807) is 26.8 Å². The van der Waals surface area contributed by atoms with Gasteiger partial charge in [0.25, 0.3) is 0 Å². The molecule has 13 atom stereocenters. The topological polar surface area (TPSA) is 146 Å². The quantitative estimate of drug-likeness (QED) is 0.323. The Hall–Kier alpha value is -1.85. The number of ketones is 2. The molecule has 3 unspecified atom stereocenters. The fourth-order valence-corrected chi connectivity index (χ4v) is 10.9. The van der Waals surface area contributed by atoms with Crippen LogP contribution in [0, 0.1) is 34.5 Å². The smallest absolute Gasteiger partial charge is 0.342 e. The third-order valence-corrected chi connectivity index (χ3v) is 13.4. The van der Waals surface area contributed by atoms with E-state index in [0.717, 1.165) is 0 Å². The minimum absolute atomic E-state index is 0.00137. The van der Waals surface area contributed by atoms with Crippen LogP contribution in [-0.2, 0) is 38.1 Å². The molecule has 5 heterocycles. The summed E-state index contributed by atoms with van der Waals surface area (Å²) in [4.78, 5) is 54.3. The number of fused-ring (bicyclic) bond motifs is 5. The number of allylic oxidation sites excluding steroid dienone is 2. The highest BCUT2D eigenvalue weighted by atomic mass is 35.5. The van der Waals surface area contributed by atoms with E-state index in [1.165, 1.54) is 6.08 Å². The van der Waals surface area contributed by atoms with E-state index in [-0.39, 0.29) is 44.5 Å². The molecule has 2 N–H and O–H groups in total. The summed E-state index contributed by atoms with van der Waals surface area (Å²) < 4.78 is 25.0. The Balaban J connectivity index is 1.43. The molecule has 7 fully saturated rings. The lowest BCUT2D eigenvalue weighted by Gasteiger charge is -2.64. The van der Waals surface area contributed by atoms with Crippen LogP contribution in [-0.4, -0.2) is 80.0 Å². The van der Waals surface area contributed by atoms with Gasteiger partial charge in [0.05, 0.1) is 34.8 Å². The molecule has 8 rings (SSSR count). The summed E-state index contributed by atoms with van der Waals surface area (Å²) in [6, 6.07) is 0. The number of halogens is 1. The average Bonchev–Trinajstić information content (AvgIpc) is 3.19. The van der Waals surface area contributed by atoms with Crippen molar-refractivity contribution in [3.63, 3.8) is 0 Å². The zero-order valence-electron chi connectivity index (χ0n) is 21.9. The summed E-state index contributed by atoms with van der Waals surface area (Å²) in [7, 11) is 0. The molecule has 11 heteroatoms. The van der Waals surface area contributed by atoms with Crippen molar-refractivity contribution in [1.29, 1.82) is 0 Å². The van der Waals surface area contributed by atoms with Gasteiger partial charge in [-0.05, 0) is 56.4 Å². The first kappa shape index (κ1) is 24.9. The minimum Gasteiger partial charge on any atom is -0.458 e. The maximum Gasteiger partial charge on any atom is 0.342 e. The first-order valence-corrected chi connectivity index (χ1v) is 14.2. The van der Waals surface area contributed by atoms with Crippen LogP contribution in [0.1, 0.15) is 52.9 Å². The van der Waals surface area contributed by atoms with Gasteiger partial charge in [0, 0.05) is 5.92 Å². The highest BCUT2D eigenvalue weighted by Gasteiger charge is 2.93. The van der Waals surface area contributed by atoms with Crippen LogP contribution in [0.15, 0.2) is 12.2 Å². The Morgan fingerprint density at radius 1 is 1.10 bits per heavy atom. The fraction of sp³-hybridized carbons (Fsp3) is 0.786. The van der Waals surface area contributed by atoms with Crippen molar-refractivity contribution >= 4 is 35.1 Å². The Bertz CT molecular complexity index is 1330. The van der Waals surface area contributed by atoms with Gasteiger partial charge >= 0.3 is 11.9 Å². The van der Waals surface area contributed by atoms with E-state index in [9.17, 15) is 29.4 Å². The average molecular weight is 563 g/mol. The van der Waals surface area contributed by atoms with Crippen LogP contribution < -0.4 is 0 Å². The standard InChI is InChI=1S/C28H31ClO10/c1-22-10-17-24(3)28-18(22)19(32)27(39-28,36-11-14(22)20(33)37-17)13-9-16(31)25(29)7-4-5-15(30)23(25,2)12(13)6-8-26(28,35)21(34)38-24/h4-5,12-14,16-18,31,35H,6-11H2,1-3H3/t12?,13?,14-,16+,17+,18+,22+,23?,24-,25-,26+,27+,28-/m0/s1. The maximum atomic E-state index is 14.9. The molecular weight excluding hydrogens is 532 g/mol. The Kier molecular flexibility index (Phi) is 4.23. The molecule has 0 amide bonds. The highest BCUT2D eigenvalue weighted by Crippen LogP contribution is 2.75. The molecule has 2 saturated carbocycles. The molecule has 39 heavy (non-hydrogen) atoms. The third kappa shape index (κ3) is 2.15. The van der Waals surface area contributed by atoms with Crippen molar-refractivity contribution in [2.45, 2.75) is 92.5 Å². The van der Waals surface area contributed by atoms with Gasteiger partial charge in [-0.15, -0.1) is 11.6 Å². The van der Waals surface area contributed by atoms with Crippen molar-refractivity contribution in [2.24, 2.45) is 34.5 Å². The highest BCUT2D eigenvalue weighted by molar-refractivity contribution is 6.28. The van der Waals surface area contributed by atoms with Gasteiger partial charge < -0.3 is 29.2 Å². The molecule has 2 spiro atoms. The van der Waals surface area contributed by atoms with Gasteiger partial charge in [-0.2, -0.15) is 0 Å². The molecule has 5 aliphatic heterocycles. The summed E-state index contributed by atoms with van der Waals surface area (Å²) in [5, 5.41) is 24.0. The number of Topliss-reactive ketones (excluding diaryl/α,β-unsaturated/α-hetero) is 1. The van der Waals surface area contributed by atoms with Crippen molar-refractivity contribution in [2.75, 3.05) is 6.61 Å². The zero-order chi connectivity index (χ0) is 27.8. The van der Waals surface area contributed by atoms with Crippen LogP contribution in [0.2, 0.25) is 0 Å². The van der Waals surface area contributed by atoms with E-state index >= 15 is 0 Å². The second-order valence-corrected chi connectivity index (χ2v) is 14.4. The van der Waals surface area contributed by atoms with Gasteiger partial charge in [0.1, 0.15) is 6.10 Å². The number of aliphatic hydroxyl groups excluding tert-OH is 1. The predicted molar refractivity (Wildman–Crippen MR) is 129 cm³/mol. The van der Waals surface area contributed by atoms with Crippen LogP contribution in [0.4, 0.5) is 0 Å². The van der Waals surface area contributed by atoms with E-state index in [1.807, 2.05) is 0 Å². The van der Waals surface area contributed by atoms with Gasteiger partial charge in [-0.25, -0.2) is 4.79 Å². The number of hydrogen-bond acceptors (Lipinski definition) is 10. The Labute approximate surface area is 229 Å². The van der Waals surface area contributed by atoms with Gasteiger partial charge in [-0.3, -0.25) is 14.4 Å². The first-order valence-electron chi connectivity index (χ1n) is 13.8. The zero-order valence-corrected chi connectivity index (χ0v) is 22.7. The first-order chi connectivity index (χ1) is 18.2. The molecule has 0 radical (unpaired) electrons. The molecule has 210 valence electrons. The molecule has 5 bridgehead atoms. The van der Waals surface area contributed by atoms with Gasteiger partial charge in [-0.1, -0.05) is 19.9 Å². The minimum atomic E-state index is -2.28. The number of carbonyl (C=O) groups excluding carboxylic acids is 4. The van der Waals surface area contributed by atoms with E-state index < -0.39 is 91.9 Å². The predicted octanol–water partition coefficient (Wildman–Crippen LogP) is 0.969. The van der Waals surface area contributed by atoms with E-state index in [2.05, 4.69) is 0 Å². The lowest BCUT2D eigenvalue weighted by molar-refractivity contribution is -0.378. The largest absolute Gasteiger partial charge is 0.458 e. The van der Waals surface area contributed by atoms with Crippen molar-refractivity contribution in [3.8, 4) is 0 Å². The summed E-state index contributed by atoms with van der Waals surface area (Å²) in [5.74, 6) is -7.85. The second kappa shape index (κ2) is 6.62. The summed E-state index contributed by atoms with van der Waals surface area (Å²) >= 11 is 7.12. The Morgan fingerprint density at radius 3 is 2.59 bits per heavy atom. The number of hydrogen-bond donors (Lipinski definition) is 2. The van der Waals surface area contributed by atoms with E-state index in [0.29, 0.717) is 0 Å². The molecule has 0 aromatic heterocycles. The molecule has 8 aliphatic rings. The van der Waals surface area contributed by atoms with Crippen molar-refractivity contribution < 1.29 is 48.3 Å². The van der Waals surface area contributed by atoms with E-state index in [4.69, 9.17) is 30.5 Å². The van der Waals surface area contributed by atoms with Crippen LogP contribution in [0.3, 0.4) is 0 Å². The normalized spacial score (nSPS) is 62.0.